The van der Waals surface area contributed by atoms with Crippen LogP contribution in [0.15, 0.2) is 17.1 Å². The zero-order valence-corrected chi connectivity index (χ0v) is 15.5. The highest BCUT2D eigenvalue weighted by Gasteiger charge is 2.32. The van der Waals surface area contributed by atoms with Crippen LogP contribution in [0.25, 0.3) is 10.9 Å². The van der Waals surface area contributed by atoms with E-state index in [0.29, 0.717) is 30.2 Å². The third-order valence-electron chi connectivity index (χ3n) is 5.75. The molecule has 2 atom stereocenters. The molecule has 27 heavy (non-hydrogen) atoms. The fourth-order valence-corrected chi connectivity index (χ4v) is 4.23. The molecule has 0 amide bonds. The van der Waals surface area contributed by atoms with E-state index in [1.807, 2.05) is 11.5 Å². The minimum atomic E-state index is -1.56. The Morgan fingerprint density at radius 2 is 2.04 bits per heavy atom. The zero-order valence-electron chi connectivity index (χ0n) is 15.5. The van der Waals surface area contributed by atoms with Gasteiger partial charge in [0, 0.05) is 37.3 Å². The van der Waals surface area contributed by atoms with Crippen LogP contribution in [-0.4, -0.2) is 53.5 Å². The van der Waals surface area contributed by atoms with Crippen LogP contribution in [0.1, 0.15) is 25.5 Å². The standard InChI is InChI=1S/C19H22FN3O4/c1-10-6-12-16-13(18(24)15(9-23(10)16)27-19(25)26)7-14(20)17(12)22-5-4-21(3)11(2)8-22/h7,9-11H,4-6,8H2,1-3H3,(H,25,26)/t10?,11-/m0/s1. The lowest BCUT2D eigenvalue weighted by Crippen LogP contribution is -2.50. The first-order chi connectivity index (χ1) is 12.8. The molecule has 1 N–H and O–H groups in total. The maximum absolute atomic E-state index is 15.1. The number of anilines is 1. The molecule has 2 aromatic rings. The molecule has 1 aromatic heterocycles. The van der Waals surface area contributed by atoms with Crippen molar-refractivity contribution in [2.24, 2.45) is 0 Å². The zero-order chi connectivity index (χ0) is 19.5. The number of ether oxygens (including phenoxy) is 1. The Kier molecular flexibility index (Phi) is 4.10. The highest BCUT2D eigenvalue weighted by molar-refractivity contribution is 5.90. The van der Waals surface area contributed by atoms with Crippen molar-refractivity contribution in [3.63, 3.8) is 0 Å². The van der Waals surface area contributed by atoms with Crippen LogP contribution in [0.4, 0.5) is 14.9 Å². The number of likely N-dealkylation sites (N-methyl/N-ethyl adjacent to an activating group) is 1. The van der Waals surface area contributed by atoms with Crippen LogP contribution in [0.2, 0.25) is 0 Å². The Labute approximate surface area is 155 Å². The van der Waals surface area contributed by atoms with Gasteiger partial charge < -0.3 is 24.2 Å². The highest BCUT2D eigenvalue weighted by atomic mass is 19.1. The molecular weight excluding hydrogens is 353 g/mol. The Balaban J connectivity index is 1.91. The second-order valence-electron chi connectivity index (χ2n) is 7.51. The lowest BCUT2D eigenvalue weighted by molar-refractivity contribution is 0.143. The largest absolute Gasteiger partial charge is 0.511 e. The summed E-state index contributed by atoms with van der Waals surface area (Å²) in [5, 5.41) is 9.03. The van der Waals surface area contributed by atoms with Crippen LogP contribution >= 0.6 is 0 Å². The molecule has 0 bridgehead atoms. The van der Waals surface area contributed by atoms with E-state index in [2.05, 4.69) is 28.5 Å². The van der Waals surface area contributed by atoms with Gasteiger partial charge in [-0.1, -0.05) is 0 Å². The van der Waals surface area contributed by atoms with E-state index in [4.69, 9.17) is 5.11 Å². The molecule has 2 aliphatic rings. The van der Waals surface area contributed by atoms with Crippen LogP contribution < -0.4 is 15.1 Å². The van der Waals surface area contributed by atoms with Crippen molar-refractivity contribution in [3.05, 3.63) is 33.9 Å². The van der Waals surface area contributed by atoms with Gasteiger partial charge in [0.05, 0.1) is 22.8 Å². The van der Waals surface area contributed by atoms with Gasteiger partial charge in [-0.05, 0) is 33.4 Å². The van der Waals surface area contributed by atoms with Crippen molar-refractivity contribution >= 4 is 22.7 Å². The first-order valence-corrected chi connectivity index (χ1v) is 9.04. The SMILES string of the molecule is CC1Cc2c(N3CCN(C)[C@@H](C)C3)c(F)cc3c(=O)c(OC(=O)O)cn1c23. The summed E-state index contributed by atoms with van der Waals surface area (Å²) in [5.74, 6) is -0.741. The van der Waals surface area contributed by atoms with Gasteiger partial charge in [0.25, 0.3) is 0 Å². The van der Waals surface area contributed by atoms with Crippen molar-refractivity contribution in [1.82, 2.24) is 9.47 Å². The van der Waals surface area contributed by atoms with Gasteiger partial charge in [0.1, 0.15) is 5.82 Å². The summed E-state index contributed by atoms with van der Waals surface area (Å²) in [7, 11) is 2.06. The molecule has 8 heteroatoms. The third kappa shape index (κ3) is 2.75. The van der Waals surface area contributed by atoms with E-state index in [-0.39, 0.29) is 17.2 Å². The maximum Gasteiger partial charge on any atom is 0.511 e. The number of benzene rings is 1. The van der Waals surface area contributed by atoms with Crippen molar-refractivity contribution in [2.45, 2.75) is 32.4 Å². The summed E-state index contributed by atoms with van der Waals surface area (Å²) in [6.07, 6.45) is 0.447. The molecule has 144 valence electrons. The molecule has 0 saturated carbocycles. The molecule has 0 spiro atoms. The Bertz CT molecular complexity index is 1000. The Morgan fingerprint density at radius 1 is 1.30 bits per heavy atom. The average molecular weight is 375 g/mol. The van der Waals surface area contributed by atoms with Gasteiger partial charge in [-0.3, -0.25) is 4.79 Å². The molecule has 3 heterocycles. The summed E-state index contributed by atoms with van der Waals surface area (Å²) >= 11 is 0. The summed E-state index contributed by atoms with van der Waals surface area (Å²) in [5.41, 5.74) is 1.45. The molecule has 4 rings (SSSR count). The summed E-state index contributed by atoms with van der Waals surface area (Å²) in [4.78, 5) is 27.8. The smallest absolute Gasteiger partial charge is 0.449 e. The number of hydrogen-bond acceptors (Lipinski definition) is 5. The number of aromatic nitrogens is 1. The molecule has 0 aliphatic carbocycles. The predicted octanol–water partition coefficient (Wildman–Crippen LogP) is 2.45. The van der Waals surface area contributed by atoms with Gasteiger partial charge in [0.2, 0.25) is 5.43 Å². The fraction of sp³-hybridized carbons (Fsp3) is 0.474. The van der Waals surface area contributed by atoms with Crippen molar-refractivity contribution in [2.75, 3.05) is 31.6 Å². The van der Waals surface area contributed by atoms with Gasteiger partial charge in [0.15, 0.2) is 5.75 Å². The molecular formula is C19H22FN3O4. The first kappa shape index (κ1) is 17.8. The maximum atomic E-state index is 15.1. The molecule has 1 fully saturated rings. The van der Waals surface area contributed by atoms with E-state index < -0.39 is 17.4 Å². The van der Waals surface area contributed by atoms with Crippen LogP contribution in [-0.2, 0) is 6.42 Å². The molecule has 1 unspecified atom stereocenters. The van der Waals surface area contributed by atoms with Gasteiger partial charge in [-0.25, -0.2) is 9.18 Å². The van der Waals surface area contributed by atoms with E-state index in [9.17, 15) is 9.59 Å². The van der Waals surface area contributed by atoms with E-state index in [0.717, 1.165) is 18.7 Å². The van der Waals surface area contributed by atoms with Crippen LogP contribution in [0, 0.1) is 5.82 Å². The number of rotatable bonds is 2. The molecule has 1 saturated heterocycles. The Morgan fingerprint density at radius 3 is 2.70 bits per heavy atom. The summed E-state index contributed by atoms with van der Waals surface area (Å²) < 4.78 is 21.6. The van der Waals surface area contributed by atoms with Crippen LogP contribution in [0.3, 0.4) is 0 Å². The molecule has 2 aliphatic heterocycles. The number of halogens is 1. The topological polar surface area (TPSA) is 75.0 Å². The van der Waals surface area contributed by atoms with Crippen molar-refractivity contribution in [1.29, 1.82) is 0 Å². The number of pyridine rings is 1. The first-order valence-electron chi connectivity index (χ1n) is 9.04. The fourth-order valence-electron chi connectivity index (χ4n) is 4.23. The number of carboxylic acid groups (broad SMARTS) is 1. The minimum Gasteiger partial charge on any atom is -0.449 e. The highest BCUT2D eigenvalue weighted by Crippen LogP contribution is 2.40. The summed E-state index contributed by atoms with van der Waals surface area (Å²) in [6.45, 7) is 6.34. The van der Waals surface area contributed by atoms with E-state index in [1.165, 1.54) is 12.3 Å². The van der Waals surface area contributed by atoms with Gasteiger partial charge in [-0.2, -0.15) is 0 Å². The Hall–Kier alpha value is -2.61. The van der Waals surface area contributed by atoms with E-state index in [1.54, 1.807) is 0 Å². The number of carbonyl (C=O) groups is 1. The van der Waals surface area contributed by atoms with Gasteiger partial charge >= 0.3 is 6.16 Å². The minimum absolute atomic E-state index is 0.0234. The second kappa shape index (κ2) is 6.23. The van der Waals surface area contributed by atoms with Crippen molar-refractivity contribution < 1.29 is 19.0 Å². The van der Waals surface area contributed by atoms with Crippen LogP contribution in [0.5, 0.6) is 5.75 Å². The number of piperazine rings is 1. The summed E-state index contributed by atoms with van der Waals surface area (Å²) in [6, 6.07) is 1.50. The van der Waals surface area contributed by atoms with Gasteiger partial charge in [-0.15, -0.1) is 0 Å². The lowest BCUT2D eigenvalue weighted by atomic mass is 10.0. The molecule has 7 nitrogen and oxygen atoms in total. The van der Waals surface area contributed by atoms with Crippen molar-refractivity contribution in [3.8, 4) is 5.75 Å². The van der Waals surface area contributed by atoms with E-state index >= 15 is 4.39 Å². The quantitative estimate of drug-likeness (QED) is 0.813. The third-order valence-corrected chi connectivity index (χ3v) is 5.75. The lowest BCUT2D eigenvalue weighted by Gasteiger charge is -2.39. The molecule has 1 aromatic carbocycles. The second-order valence-corrected chi connectivity index (χ2v) is 7.51. The predicted molar refractivity (Wildman–Crippen MR) is 99.5 cm³/mol. The monoisotopic (exact) mass is 375 g/mol. The number of nitrogens with zero attached hydrogens (tertiary/aromatic N) is 3. The average Bonchev–Trinajstić information content (AvgIpc) is 2.91. The molecule has 0 radical (unpaired) electrons. The normalized spacial score (nSPS) is 22.4. The number of hydrogen-bond donors (Lipinski definition) is 1.